The van der Waals surface area contributed by atoms with Crippen molar-refractivity contribution in [3.63, 3.8) is 0 Å². The fourth-order valence-corrected chi connectivity index (χ4v) is 2.16. The van der Waals surface area contributed by atoms with E-state index >= 15 is 0 Å². The second kappa shape index (κ2) is 7.06. The Morgan fingerprint density at radius 3 is 2.38 bits per heavy atom. The van der Waals surface area contributed by atoms with Gasteiger partial charge in [0, 0.05) is 5.69 Å². The van der Waals surface area contributed by atoms with Crippen molar-refractivity contribution in [3.8, 4) is 0 Å². The predicted octanol–water partition coefficient (Wildman–Crippen LogP) is 1.07. The lowest BCUT2D eigenvalue weighted by Crippen LogP contribution is -2.46. The Labute approximate surface area is 124 Å². The summed E-state index contributed by atoms with van der Waals surface area (Å²) in [5, 5.41) is 2.56. The van der Waals surface area contributed by atoms with Gasteiger partial charge in [0.25, 0.3) is 11.5 Å². The first-order valence-electron chi connectivity index (χ1n) is 7.09. The maximum atomic E-state index is 12.3. The molecule has 0 bridgehead atoms. The zero-order valence-electron chi connectivity index (χ0n) is 13.0. The van der Waals surface area contributed by atoms with Gasteiger partial charge < -0.3 is 16.0 Å². The van der Waals surface area contributed by atoms with Crippen LogP contribution < -0.4 is 16.6 Å². The first-order valence-corrected chi connectivity index (χ1v) is 7.09. The van der Waals surface area contributed by atoms with Crippen LogP contribution in [0.1, 0.15) is 53.4 Å². The van der Waals surface area contributed by atoms with Crippen molar-refractivity contribution in [1.82, 2.24) is 10.3 Å². The normalized spacial score (nSPS) is 12.0. The highest BCUT2D eigenvalue weighted by molar-refractivity contribution is 5.98. The van der Waals surface area contributed by atoms with E-state index in [9.17, 15) is 14.4 Å². The Bertz CT molecular complexity index is 605. The molecule has 0 radical (unpaired) electrons. The SMILES string of the molecule is CCCCC(NC(=O)c1c(C)c(C)c(C)[nH]c1=O)C(N)=O. The van der Waals surface area contributed by atoms with Gasteiger partial charge in [-0.05, 0) is 38.3 Å². The summed E-state index contributed by atoms with van der Waals surface area (Å²) < 4.78 is 0. The minimum absolute atomic E-state index is 0.0425. The van der Waals surface area contributed by atoms with Gasteiger partial charge in [0.05, 0.1) is 0 Å². The number of H-pyrrole nitrogens is 1. The van der Waals surface area contributed by atoms with Crippen LogP contribution in [0, 0.1) is 20.8 Å². The van der Waals surface area contributed by atoms with Crippen molar-refractivity contribution in [2.75, 3.05) is 0 Å². The van der Waals surface area contributed by atoms with Gasteiger partial charge in [-0.15, -0.1) is 0 Å². The molecule has 1 aromatic rings. The number of aromatic amines is 1. The number of pyridine rings is 1. The van der Waals surface area contributed by atoms with Gasteiger partial charge in [-0.1, -0.05) is 19.8 Å². The van der Waals surface area contributed by atoms with E-state index in [1.165, 1.54) is 0 Å². The summed E-state index contributed by atoms with van der Waals surface area (Å²) >= 11 is 0. The van der Waals surface area contributed by atoms with Crippen LogP contribution in [-0.2, 0) is 4.79 Å². The summed E-state index contributed by atoms with van der Waals surface area (Å²) in [5.41, 5.74) is 7.08. The zero-order chi connectivity index (χ0) is 16.2. The molecule has 6 nitrogen and oxygen atoms in total. The van der Waals surface area contributed by atoms with E-state index < -0.39 is 23.4 Å². The molecule has 4 N–H and O–H groups in total. The third-order valence-corrected chi connectivity index (χ3v) is 3.75. The highest BCUT2D eigenvalue weighted by atomic mass is 16.2. The Hall–Kier alpha value is -2.11. The molecular formula is C15H23N3O3. The molecule has 21 heavy (non-hydrogen) atoms. The van der Waals surface area contributed by atoms with Crippen LogP contribution in [0.5, 0.6) is 0 Å². The number of hydrogen-bond donors (Lipinski definition) is 3. The Morgan fingerprint density at radius 2 is 1.86 bits per heavy atom. The minimum Gasteiger partial charge on any atom is -0.368 e. The summed E-state index contributed by atoms with van der Waals surface area (Å²) in [4.78, 5) is 38.3. The molecule has 0 aliphatic rings. The molecule has 0 fully saturated rings. The Morgan fingerprint density at radius 1 is 1.24 bits per heavy atom. The molecule has 0 spiro atoms. The summed E-state index contributed by atoms with van der Waals surface area (Å²) in [7, 11) is 0. The highest BCUT2D eigenvalue weighted by Crippen LogP contribution is 2.12. The molecule has 0 aliphatic heterocycles. The average Bonchev–Trinajstić information content (AvgIpc) is 2.40. The van der Waals surface area contributed by atoms with E-state index in [-0.39, 0.29) is 5.56 Å². The van der Waals surface area contributed by atoms with E-state index in [0.717, 1.165) is 24.1 Å². The summed E-state index contributed by atoms with van der Waals surface area (Å²) in [6.07, 6.45) is 2.14. The number of carbonyl (C=O) groups excluding carboxylic acids is 2. The predicted molar refractivity (Wildman–Crippen MR) is 81.2 cm³/mol. The van der Waals surface area contributed by atoms with E-state index in [1.807, 2.05) is 13.8 Å². The molecule has 0 saturated heterocycles. The summed E-state index contributed by atoms with van der Waals surface area (Å²) in [5.74, 6) is -1.15. The number of unbranched alkanes of at least 4 members (excludes halogenated alkanes) is 1. The number of carbonyl (C=O) groups is 2. The van der Waals surface area contributed by atoms with Crippen molar-refractivity contribution in [2.45, 2.75) is 53.0 Å². The lowest BCUT2D eigenvalue weighted by Gasteiger charge is -2.16. The molecule has 0 aliphatic carbocycles. The van der Waals surface area contributed by atoms with Crippen molar-refractivity contribution in [2.24, 2.45) is 5.73 Å². The molecule has 6 heteroatoms. The number of nitrogens with two attached hydrogens (primary N) is 1. The van der Waals surface area contributed by atoms with Crippen molar-refractivity contribution in [3.05, 3.63) is 32.7 Å². The van der Waals surface area contributed by atoms with E-state index in [4.69, 9.17) is 5.73 Å². The fraction of sp³-hybridized carbons (Fsp3) is 0.533. The first-order chi connectivity index (χ1) is 9.79. The third kappa shape index (κ3) is 3.93. The molecule has 2 amide bonds. The average molecular weight is 293 g/mol. The van der Waals surface area contributed by atoms with E-state index in [1.54, 1.807) is 13.8 Å². The molecule has 0 saturated carbocycles. The van der Waals surface area contributed by atoms with Crippen molar-refractivity contribution >= 4 is 11.8 Å². The molecule has 0 aromatic carbocycles. The number of amides is 2. The van der Waals surface area contributed by atoms with Gasteiger partial charge >= 0.3 is 0 Å². The summed E-state index contributed by atoms with van der Waals surface area (Å²) in [6.45, 7) is 7.31. The highest BCUT2D eigenvalue weighted by Gasteiger charge is 2.22. The van der Waals surface area contributed by atoms with E-state index in [0.29, 0.717) is 12.0 Å². The standard InChI is InChI=1S/C15H23N3O3/c1-5-6-7-11(13(16)19)18-15(21)12-9(3)8(2)10(4)17-14(12)20/h11H,5-7H2,1-4H3,(H2,16,19)(H,17,20)(H,18,21). The van der Waals surface area contributed by atoms with Gasteiger partial charge in [-0.2, -0.15) is 0 Å². The smallest absolute Gasteiger partial charge is 0.261 e. The van der Waals surface area contributed by atoms with Crippen LogP contribution in [0.25, 0.3) is 0 Å². The maximum absolute atomic E-state index is 12.3. The number of primary amides is 1. The molecule has 1 rings (SSSR count). The number of aromatic nitrogens is 1. The number of rotatable bonds is 6. The van der Waals surface area contributed by atoms with Crippen LogP contribution in [0.3, 0.4) is 0 Å². The van der Waals surface area contributed by atoms with Crippen LogP contribution in [0.4, 0.5) is 0 Å². The van der Waals surface area contributed by atoms with Crippen LogP contribution in [0.15, 0.2) is 4.79 Å². The Kier molecular flexibility index (Phi) is 5.69. The minimum atomic E-state index is -0.752. The van der Waals surface area contributed by atoms with Gasteiger partial charge in [0.1, 0.15) is 11.6 Å². The van der Waals surface area contributed by atoms with Crippen molar-refractivity contribution < 1.29 is 9.59 Å². The fourth-order valence-electron chi connectivity index (χ4n) is 2.16. The molecule has 116 valence electrons. The number of nitrogens with one attached hydrogen (secondary N) is 2. The quantitative estimate of drug-likeness (QED) is 0.730. The van der Waals surface area contributed by atoms with Crippen molar-refractivity contribution in [1.29, 1.82) is 0 Å². The molecule has 1 atom stereocenters. The van der Waals surface area contributed by atoms with Gasteiger partial charge in [-0.25, -0.2) is 0 Å². The Balaban J connectivity index is 3.06. The molecule has 1 unspecified atom stereocenters. The monoisotopic (exact) mass is 293 g/mol. The lowest BCUT2D eigenvalue weighted by atomic mass is 10.0. The zero-order valence-corrected chi connectivity index (χ0v) is 13.0. The molecule has 1 aromatic heterocycles. The van der Waals surface area contributed by atoms with Gasteiger partial charge in [-0.3, -0.25) is 14.4 Å². The first kappa shape index (κ1) is 16.9. The largest absolute Gasteiger partial charge is 0.368 e. The van der Waals surface area contributed by atoms with Crippen LogP contribution >= 0.6 is 0 Å². The summed E-state index contributed by atoms with van der Waals surface area (Å²) in [6, 6.07) is -0.752. The number of aryl methyl sites for hydroxylation is 1. The lowest BCUT2D eigenvalue weighted by molar-refractivity contribution is -0.120. The second-order valence-electron chi connectivity index (χ2n) is 5.27. The molecule has 1 heterocycles. The van der Waals surface area contributed by atoms with Gasteiger partial charge in [0.15, 0.2) is 0 Å². The molecular weight excluding hydrogens is 270 g/mol. The van der Waals surface area contributed by atoms with E-state index in [2.05, 4.69) is 10.3 Å². The van der Waals surface area contributed by atoms with Gasteiger partial charge in [0.2, 0.25) is 5.91 Å². The van der Waals surface area contributed by atoms with Crippen LogP contribution in [-0.4, -0.2) is 22.8 Å². The van der Waals surface area contributed by atoms with Crippen LogP contribution in [0.2, 0.25) is 0 Å². The topological polar surface area (TPSA) is 105 Å². The second-order valence-corrected chi connectivity index (χ2v) is 5.27. The maximum Gasteiger partial charge on any atom is 0.261 e. The third-order valence-electron chi connectivity index (χ3n) is 3.75. The number of hydrogen-bond acceptors (Lipinski definition) is 3.